The molecule has 0 aliphatic rings. The molecule has 1 rings (SSSR count). The van der Waals surface area contributed by atoms with Gasteiger partial charge in [0, 0.05) is 21.5 Å². The van der Waals surface area contributed by atoms with E-state index in [1.807, 2.05) is 0 Å². The van der Waals surface area contributed by atoms with E-state index >= 15 is 0 Å². The lowest BCUT2D eigenvalue weighted by molar-refractivity contribution is -0.273. The molecule has 4 atom stereocenters. The van der Waals surface area contributed by atoms with Crippen LogP contribution in [0.2, 0.25) is 0 Å². The van der Waals surface area contributed by atoms with Crippen LogP contribution in [0.5, 0.6) is 0 Å². The summed E-state index contributed by atoms with van der Waals surface area (Å²) >= 11 is 0. The summed E-state index contributed by atoms with van der Waals surface area (Å²) in [6, 6.07) is 2.19. The van der Waals surface area contributed by atoms with Crippen molar-refractivity contribution < 1.29 is 51.8 Å². The van der Waals surface area contributed by atoms with Crippen LogP contribution in [0.1, 0.15) is 33.3 Å². The number of pyridine rings is 1. The van der Waals surface area contributed by atoms with Crippen LogP contribution in [0.25, 0.3) is 0 Å². The van der Waals surface area contributed by atoms with E-state index in [9.17, 15) is 23.8 Å². The van der Waals surface area contributed by atoms with Crippen LogP contribution in [0.4, 0.5) is 0 Å². The minimum atomic E-state index is -3.34. The fourth-order valence-electron chi connectivity index (χ4n) is 2.10. The van der Waals surface area contributed by atoms with Gasteiger partial charge in [0.05, 0.1) is 11.8 Å². The van der Waals surface area contributed by atoms with Crippen molar-refractivity contribution >= 4 is 28.4 Å². The van der Waals surface area contributed by atoms with Crippen LogP contribution < -0.4 is 5.73 Å². The maximum Gasteiger partial charge on any atom is 0.706 e. The quantitative estimate of drug-likeness (QED) is 0.186. The Hall–Kier alpha value is -1.95. The van der Waals surface area contributed by atoms with E-state index < -0.39 is 59.1 Å². The van der Waals surface area contributed by atoms with Crippen molar-refractivity contribution in [3.8, 4) is 0 Å². The van der Waals surface area contributed by atoms with Gasteiger partial charge >= 0.3 is 34.4 Å². The lowest BCUT2D eigenvalue weighted by Crippen LogP contribution is -2.40. The second-order valence-corrected chi connectivity index (χ2v) is 9.38. The van der Waals surface area contributed by atoms with Gasteiger partial charge in [0.25, 0.3) is 0 Å². The van der Waals surface area contributed by atoms with Crippen LogP contribution in [-0.2, 0) is 48.2 Å². The highest BCUT2D eigenvalue weighted by Gasteiger charge is 2.49. The van der Waals surface area contributed by atoms with Gasteiger partial charge in [-0.2, -0.15) is 0 Å². The predicted molar refractivity (Wildman–Crippen MR) is 112 cm³/mol. The van der Waals surface area contributed by atoms with Crippen molar-refractivity contribution in [3.05, 3.63) is 30.1 Å². The number of nitrogens with two attached hydrogens (primary N) is 1. The molecule has 3 unspecified atom stereocenters. The summed E-state index contributed by atoms with van der Waals surface area (Å²) in [5, 5.41) is 10.3. The van der Waals surface area contributed by atoms with E-state index in [0.717, 1.165) is 0 Å². The third kappa shape index (κ3) is 10.7. The molecule has 0 fully saturated rings. The van der Waals surface area contributed by atoms with Gasteiger partial charge < -0.3 is 20.3 Å². The molecule has 33 heavy (non-hydrogen) atoms. The minimum Gasteiger partial charge on any atom is -0.463 e. The molecule has 0 spiro atoms. The van der Waals surface area contributed by atoms with E-state index in [1.165, 1.54) is 38.4 Å². The average molecular weight is 510 g/mol. The molecule has 0 aromatic carbocycles. The number of esters is 2. The van der Waals surface area contributed by atoms with Crippen molar-refractivity contribution in [2.75, 3.05) is 13.4 Å². The zero-order valence-electron chi connectivity index (χ0n) is 18.6. The summed E-state index contributed by atoms with van der Waals surface area (Å²) in [4.78, 5) is 36.8. The van der Waals surface area contributed by atoms with Crippen molar-refractivity contribution in [1.29, 1.82) is 0 Å². The third-order valence-electron chi connectivity index (χ3n) is 4.05. The molecule has 0 saturated heterocycles. The van der Waals surface area contributed by atoms with Gasteiger partial charge in [0.1, 0.15) is 12.6 Å². The molecular weight excluding hydrogens is 482 g/mol. The number of carbonyl (C=O) groups is 2. The first-order valence-corrected chi connectivity index (χ1v) is 11.8. The Labute approximate surface area is 192 Å². The lowest BCUT2D eigenvalue weighted by Gasteiger charge is -2.23. The fraction of sp³-hybridized carbons (Fsp3) is 0.611. The maximum atomic E-state index is 12.2. The molecule has 0 saturated carbocycles. The lowest BCUT2D eigenvalue weighted by atomic mass is 9.95. The zero-order chi connectivity index (χ0) is 25.2. The van der Waals surface area contributed by atoms with Crippen molar-refractivity contribution in [3.63, 3.8) is 0 Å². The molecule has 0 aliphatic heterocycles. The number of rotatable bonds is 14. The maximum absolute atomic E-state index is 12.2. The Bertz CT molecular complexity index is 838. The first-order chi connectivity index (χ1) is 15.3. The van der Waals surface area contributed by atoms with Gasteiger partial charge in [-0.1, -0.05) is 24.4 Å². The number of nitrogens with zero attached hydrogens (tertiary/aromatic N) is 1. The highest BCUT2D eigenvalue weighted by Crippen LogP contribution is 2.37. The molecule has 0 radical (unpaired) electrons. The topological polar surface area (TPSA) is 194 Å². The second kappa shape index (κ2) is 13.1. The Kier molecular flexibility index (Phi) is 11.5. The van der Waals surface area contributed by atoms with Gasteiger partial charge in [-0.3, -0.25) is 14.6 Å². The van der Waals surface area contributed by atoms with Crippen molar-refractivity contribution in [2.45, 2.75) is 46.1 Å². The molecule has 0 aliphatic carbocycles. The molecule has 1 heterocycles. The standard InChI is InChI=1S/C18H27N2O11P2/c1-12(2)14(19)15(21)27-10-17(3,4)16(22)28-11-29-33(26)31-18(23,30-32(24)25)8-13-6-5-7-20-9-13/h5-7,9,12,14,23H,8,10-11,19H2,1-4H3/q+1/p+1/t14-,18?/m0/s1. The minimum absolute atomic E-state index is 0.151. The second-order valence-electron chi connectivity index (χ2n) is 7.83. The normalized spacial score (nSPS) is 15.4. The molecule has 13 nitrogen and oxygen atoms in total. The summed E-state index contributed by atoms with van der Waals surface area (Å²) < 4.78 is 46.8. The SMILES string of the molecule is CC(C)[C@H](N)C(=O)OCC(C)(C)C(=O)OCO[P+](=O)OC(O)(Cc1cccnc1)O[P+](=O)O. The molecule has 4 N–H and O–H groups in total. The summed E-state index contributed by atoms with van der Waals surface area (Å²) in [6.07, 6.45) is 2.26. The third-order valence-corrected chi connectivity index (χ3v) is 5.25. The summed E-state index contributed by atoms with van der Waals surface area (Å²) in [5.41, 5.74) is 4.74. The number of carbonyl (C=O) groups excluding carboxylic acids is 2. The molecule has 184 valence electrons. The van der Waals surface area contributed by atoms with Gasteiger partial charge in [0.15, 0.2) is 0 Å². The van der Waals surface area contributed by atoms with E-state index in [-0.39, 0.29) is 12.5 Å². The predicted octanol–water partition coefficient (Wildman–Crippen LogP) is 1.68. The van der Waals surface area contributed by atoms with E-state index in [4.69, 9.17) is 29.1 Å². The zero-order valence-corrected chi connectivity index (χ0v) is 20.4. The van der Waals surface area contributed by atoms with Crippen LogP contribution in [0.15, 0.2) is 24.5 Å². The first kappa shape index (κ1) is 29.1. The largest absolute Gasteiger partial charge is 0.706 e. The molecule has 0 amide bonds. The van der Waals surface area contributed by atoms with Crippen LogP contribution in [-0.4, -0.2) is 52.3 Å². The number of aliphatic hydroxyl groups is 1. The van der Waals surface area contributed by atoms with Gasteiger partial charge in [-0.05, 0) is 40.4 Å². The summed E-state index contributed by atoms with van der Waals surface area (Å²) in [7, 11) is -6.50. The van der Waals surface area contributed by atoms with Crippen LogP contribution >= 0.6 is 16.5 Å². The number of aromatic nitrogens is 1. The highest BCUT2D eigenvalue weighted by atomic mass is 31.1. The Morgan fingerprint density at radius 3 is 2.42 bits per heavy atom. The average Bonchev–Trinajstić information content (AvgIpc) is 2.70. The number of hydrogen-bond donors (Lipinski definition) is 3. The molecule has 1 aromatic heterocycles. The fourth-order valence-corrected chi connectivity index (χ4v) is 3.03. The van der Waals surface area contributed by atoms with E-state index in [1.54, 1.807) is 13.8 Å². The van der Waals surface area contributed by atoms with E-state index in [2.05, 4.69) is 9.51 Å². The smallest absolute Gasteiger partial charge is 0.463 e. The molecule has 0 bridgehead atoms. The monoisotopic (exact) mass is 510 g/mol. The van der Waals surface area contributed by atoms with Crippen LogP contribution in [0, 0.1) is 11.3 Å². The Morgan fingerprint density at radius 1 is 1.21 bits per heavy atom. The highest BCUT2D eigenvalue weighted by molar-refractivity contribution is 7.33. The van der Waals surface area contributed by atoms with Crippen LogP contribution in [0.3, 0.4) is 0 Å². The van der Waals surface area contributed by atoms with Crippen molar-refractivity contribution in [2.24, 2.45) is 17.1 Å². The van der Waals surface area contributed by atoms with Gasteiger partial charge in [0.2, 0.25) is 6.79 Å². The first-order valence-electron chi connectivity index (χ1n) is 9.61. The van der Waals surface area contributed by atoms with Crippen molar-refractivity contribution in [1.82, 2.24) is 4.98 Å². The Morgan fingerprint density at radius 2 is 1.88 bits per heavy atom. The van der Waals surface area contributed by atoms with E-state index in [0.29, 0.717) is 5.56 Å². The number of hydrogen-bond acceptors (Lipinski definition) is 12. The Balaban J connectivity index is 2.57. The number of ether oxygens (including phenoxy) is 2. The molecular formula is C18H28N2O11P2+2. The van der Waals surface area contributed by atoms with Gasteiger partial charge in [-0.25, -0.2) is 0 Å². The molecule has 1 aromatic rings. The summed E-state index contributed by atoms with van der Waals surface area (Å²) in [5.74, 6) is -4.46. The summed E-state index contributed by atoms with van der Waals surface area (Å²) in [6.45, 7) is 5.19. The molecule has 15 heteroatoms. The van der Waals surface area contributed by atoms with Gasteiger partial charge in [-0.15, -0.1) is 4.89 Å².